The number of nitrogens with one attached hydrogen (secondary N) is 1. The average Bonchev–Trinajstić information content (AvgIpc) is 2.80. The van der Waals surface area contributed by atoms with E-state index in [0.717, 1.165) is 39.9 Å². The van der Waals surface area contributed by atoms with Gasteiger partial charge in [-0.05, 0) is 54.0 Å². The number of rotatable bonds is 5. The molecule has 0 saturated carbocycles. The van der Waals surface area contributed by atoms with E-state index in [2.05, 4.69) is 41.2 Å². The lowest BCUT2D eigenvalue weighted by Gasteiger charge is -2.09. The molecule has 4 heteroatoms. The van der Waals surface area contributed by atoms with E-state index in [0.29, 0.717) is 0 Å². The average molecular weight is 312 g/mol. The third kappa shape index (κ3) is 2.70. The number of hydrogen-bond donors (Lipinski definition) is 1. The Balaban J connectivity index is 2.34. The van der Waals surface area contributed by atoms with E-state index in [1.165, 1.54) is 0 Å². The summed E-state index contributed by atoms with van der Waals surface area (Å²) < 4.78 is 12.1. The van der Waals surface area contributed by atoms with Gasteiger partial charge in [0, 0.05) is 5.39 Å². The molecule has 1 aromatic carbocycles. The SMILES string of the molecule is CCCNC(C)c1cc2cc(OC)cc(Br)c2o1. The molecular weight excluding hydrogens is 294 g/mol. The monoisotopic (exact) mass is 311 g/mol. The van der Waals surface area contributed by atoms with Crippen molar-refractivity contribution in [2.45, 2.75) is 26.3 Å². The molecule has 0 amide bonds. The molecule has 0 fully saturated rings. The van der Waals surface area contributed by atoms with Crippen LogP contribution in [0.3, 0.4) is 0 Å². The highest BCUT2D eigenvalue weighted by Crippen LogP contribution is 2.33. The number of ether oxygens (including phenoxy) is 1. The second-order valence-electron chi connectivity index (χ2n) is 4.35. The zero-order chi connectivity index (χ0) is 13.1. The van der Waals surface area contributed by atoms with Gasteiger partial charge in [0.25, 0.3) is 0 Å². The molecule has 0 spiro atoms. The van der Waals surface area contributed by atoms with Gasteiger partial charge in [0.05, 0.1) is 17.6 Å². The van der Waals surface area contributed by atoms with Crippen LogP contribution in [0.2, 0.25) is 0 Å². The summed E-state index contributed by atoms with van der Waals surface area (Å²) in [6.45, 7) is 5.25. The second kappa shape index (κ2) is 5.76. The summed E-state index contributed by atoms with van der Waals surface area (Å²) in [5.41, 5.74) is 0.871. The topological polar surface area (TPSA) is 34.4 Å². The lowest BCUT2D eigenvalue weighted by molar-refractivity contribution is 0.414. The van der Waals surface area contributed by atoms with Crippen LogP contribution in [-0.2, 0) is 0 Å². The predicted octanol–water partition coefficient (Wildman–Crippen LogP) is 4.26. The van der Waals surface area contributed by atoms with Gasteiger partial charge in [-0.2, -0.15) is 0 Å². The Bertz CT molecular complexity index is 536. The molecule has 18 heavy (non-hydrogen) atoms. The summed E-state index contributed by atoms with van der Waals surface area (Å²) in [7, 11) is 1.67. The molecule has 0 aliphatic heterocycles. The van der Waals surface area contributed by atoms with Crippen molar-refractivity contribution in [2.24, 2.45) is 0 Å². The number of methoxy groups -OCH3 is 1. The quantitative estimate of drug-likeness (QED) is 0.895. The molecule has 0 radical (unpaired) electrons. The molecule has 1 atom stereocenters. The summed E-state index contributed by atoms with van der Waals surface area (Å²) >= 11 is 3.51. The zero-order valence-corrected chi connectivity index (χ0v) is 12.5. The van der Waals surface area contributed by atoms with E-state index < -0.39 is 0 Å². The van der Waals surface area contributed by atoms with Gasteiger partial charge < -0.3 is 14.5 Å². The molecule has 1 aromatic heterocycles. The van der Waals surface area contributed by atoms with E-state index in [4.69, 9.17) is 9.15 Å². The van der Waals surface area contributed by atoms with E-state index >= 15 is 0 Å². The molecule has 2 rings (SSSR count). The summed E-state index contributed by atoms with van der Waals surface area (Å²) in [6.07, 6.45) is 1.11. The summed E-state index contributed by atoms with van der Waals surface area (Å²) in [6, 6.07) is 6.19. The minimum atomic E-state index is 0.218. The van der Waals surface area contributed by atoms with Crippen molar-refractivity contribution in [3.63, 3.8) is 0 Å². The van der Waals surface area contributed by atoms with Crippen LogP contribution < -0.4 is 10.1 Å². The number of halogens is 1. The minimum Gasteiger partial charge on any atom is -0.497 e. The summed E-state index contributed by atoms with van der Waals surface area (Å²) in [5, 5.41) is 4.47. The van der Waals surface area contributed by atoms with Gasteiger partial charge in [0.2, 0.25) is 0 Å². The number of furan rings is 1. The van der Waals surface area contributed by atoms with Gasteiger partial charge in [0.1, 0.15) is 17.1 Å². The summed E-state index contributed by atoms with van der Waals surface area (Å²) in [4.78, 5) is 0. The zero-order valence-electron chi connectivity index (χ0n) is 10.9. The van der Waals surface area contributed by atoms with E-state index in [9.17, 15) is 0 Å². The largest absolute Gasteiger partial charge is 0.497 e. The lowest BCUT2D eigenvalue weighted by atomic mass is 10.2. The first-order chi connectivity index (χ1) is 8.65. The number of benzene rings is 1. The van der Waals surface area contributed by atoms with E-state index in [1.54, 1.807) is 7.11 Å². The van der Waals surface area contributed by atoms with E-state index in [-0.39, 0.29) is 6.04 Å². The highest BCUT2D eigenvalue weighted by Gasteiger charge is 2.13. The lowest BCUT2D eigenvalue weighted by Crippen LogP contribution is -2.18. The van der Waals surface area contributed by atoms with Crippen LogP contribution in [0.5, 0.6) is 5.75 Å². The van der Waals surface area contributed by atoms with Crippen molar-refractivity contribution in [1.29, 1.82) is 0 Å². The van der Waals surface area contributed by atoms with Crippen molar-refractivity contribution < 1.29 is 9.15 Å². The molecule has 1 N–H and O–H groups in total. The molecule has 1 unspecified atom stereocenters. The van der Waals surface area contributed by atoms with Crippen LogP contribution in [0.1, 0.15) is 32.1 Å². The third-order valence-electron chi connectivity index (χ3n) is 2.93. The molecule has 0 aliphatic carbocycles. The molecule has 3 nitrogen and oxygen atoms in total. The Hall–Kier alpha value is -1.00. The molecule has 0 aliphatic rings. The van der Waals surface area contributed by atoms with Crippen LogP contribution in [0.15, 0.2) is 27.1 Å². The van der Waals surface area contributed by atoms with Crippen LogP contribution in [-0.4, -0.2) is 13.7 Å². The fourth-order valence-corrected chi connectivity index (χ4v) is 2.43. The maximum Gasteiger partial charge on any atom is 0.148 e. The highest BCUT2D eigenvalue weighted by atomic mass is 79.9. The maximum absolute atomic E-state index is 5.89. The normalized spacial score (nSPS) is 12.9. The Morgan fingerprint density at radius 1 is 1.39 bits per heavy atom. The van der Waals surface area contributed by atoms with Crippen molar-refractivity contribution in [1.82, 2.24) is 5.32 Å². The van der Waals surface area contributed by atoms with Gasteiger partial charge >= 0.3 is 0 Å². The molecule has 2 aromatic rings. The Morgan fingerprint density at radius 3 is 2.83 bits per heavy atom. The molecular formula is C14H18BrNO2. The van der Waals surface area contributed by atoms with Gasteiger partial charge in [0.15, 0.2) is 0 Å². The Morgan fingerprint density at radius 2 is 2.17 bits per heavy atom. The first-order valence-corrected chi connectivity index (χ1v) is 6.95. The molecule has 0 saturated heterocycles. The highest BCUT2D eigenvalue weighted by molar-refractivity contribution is 9.10. The van der Waals surface area contributed by atoms with Crippen molar-refractivity contribution in [2.75, 3.05) is 13.7 Å². The van der Waals surface area contributed by atoms with Crippen LogP contribution in [0.25, 0.3) is 11.0 Å². The van der Waals surface area contributed by atoms with Gasteiger partial charge in [-0.3, -0.25) is 0 Å². The molecule has 0 bridgehead atoms. The van der Waals surface area contributed by atoms with Crippen molar-refractivity contribution in [3.8, 4) is 5.75 Å². The molecule has 98 valence electrons. The van der Waals surface area contributed by atoms with Crippen molar-refractivity contribution >= 4 is 26.9 Å². The fourth-order valence-electron chi connectivity index (χ4n) is 1.90. The Kier molecular flexibility index (Phi) is 4.30. The molecule has 1 heterocycles. The first-order valence-electron chi connectivity index (χ1n) is 6.16. The van der Waals surface area contributed by atoms with Crippen LogP contribution >= 0.6 is 15.9 Å². The van der Waals surface area contributed by atoms with Crippen LogP contribution in [0, 0.1) is 0 Å². The second-order valence-corrected chi connectivity index (χ2v) is 5.21. The predicted molar refractivity (Wildman–Crippen MR) is 77.2 cm³/mol. The maximum atomic E-state index is 5.89. The summed E-state index contributed by atoms with van der Waals surface area (Å²) in [5.74, 6) is 1.78. The van der Waals surface area contributed by atoms with Gasteiger partial charge in [-0.25, -0.2) is 0 Å². The standard InChI is InChI=1S/C14H18BrNO2/c1-4-5-16-9(2)13-7-10-6-11(17-3)8-12(15)14(10)18-13/h6-9,16H,4-5H2,1-3H3. The van der Waals surface area contributed by atoms with E-state index in [1.807, 2.05) is 12.1 Å². The number of hydrogen-bond acceptors (Lipinski definition) is 3. The van der Waals surface area contributed by atoms with Crippen LogP contribution in [0.4, 0.5) is 0 Å². The first kappa shape index (κ1) is 13.4. The minimum absolute atomic E-state index is 0.218. The van der Waals surface area contributed by atoms with Gasteiger partial charge in [-0.1, -0.05) is 6.92 Å². The third-order valence-corrected chi connectivity index (χ3v) is 3.52. The fraction of sp³-hybridized carbons (Fsp3) is 0.429. The van der Waals surface area contributed by atoms with Gasteiger partial charge in [-0.15, -0.1) is 0 Å². The number of fused-ring (bicyclic) bond motifs is 1. The Labute approximate surface area is 116 Å². The van der Waals surface area contributed by atoms with Crippen molar-refractivity contribution in [3.05, 3.63) is 28.4 Å². The smallest absolute Gasteiger partial charge is 0.148 e.